The van der Waals surface area contributed by atoms with E-state index < -0.39 is 0 Å². The highest BCUT2D eigenvalue weighted by molar-refractivity contribution is 14.0. The van der Waals surface area contributed by atoms with Gasteiger partial charge >= 0.3 is 0 Å². The van der Waals surface area contributed by atoms with Crippen LogP contribution in [0.1, 0.15) is 12.1 Å². The molecule has 0 saturated carbocycles. The van der Waals surface area contributed by atoms with Gasteiger partial charge in [0.05, 0.1) is 17.1 Å². The van der Waals surface area contributed by atoms with E-state index in [1.54, 1.807) is 17.6 Å². The largest absolute Gasteiger partial charge is 0.443 e. The third kappa shape index (κ3) is 3.69. The normalized spacial score (nSPS) is 14.2. The van der Waals surface area contributed by atoms with Crippen molar-refractivity contribution in [3.63, 3.8) is 0 Å². The molecule has 2 aromatic rings. The SMILES string of the molecule is I.c1csc(-c2nc(CNC3=NCCCN3)co2)c1. The van der Waals surface area contributed by atoms with Crippen molar-refractivity contribution in [2.24, 2.45) is 4.99 Å². The second kappa shape index (κ2) is 6.90. The molecule has 0 atom stereocenters. The van der Waals surface area contributed by atoms with Crippen molar-refractivity contribution < 1.29 is 4.42 Å². The molecule has 1 aliphatic heterocycles. The first-order valence-corrected chi connectivity index (χ1v) is 6.80. The quantitative estimate of drug-likeness (QED) is 0.791. The van der Waals surface area contributed by atoms with Gasteiger partial charge < -0.3 is 15.1 Å². The summed E-state index contributed by atoms with van der Waals surface area (Å²) in [6, 6.07) is 3.99. The molecule has 0 amide bonds. The lowest BCUT2D eigenvalue weighted by Crippen LogP contribution is -2.40. The maximum Gasteiger partial charge on any atom is 0.236 e. The lowest BCUT2D eigenvalue weighted by molar-refractivity contribution is 0.573. The molecule has 19 heavy (non-hydrogen) atoms. The zero-order valence-corrected chi connectivity index (χ0v) is 13.4. The van der Waals surface area contributed by atoms with Gasteiger partial charge in [0.1, 0.15) is 6.26 Å². The van der Waals surface area contributed by atoms with Gasteiger partial charge in [0.25, 0.3) is 0 Å². The average molecular weight is 390 g/mol. The van der Waals surface area contributed by atoms with E-state index in [0.29, 0.717) is 12.4 Å². The van der Waals surface area contributed by atoms with Crippen molar-refractivity contribution in [3.05, 3.63) is 29.5 Å². The molecular weight excluding hydrogens is 375 g/mol. The van der Waals surface area contributed by atoms with Crippen LogP contribution in [0.15, 0.2) is 33.2 Å². The van der Waals surface area contributed by atoms with E-state index in [1.165, 1.54) is 0 Å². The standard InChI is InChI=1S/C12H14N4OS.HI/c1-3-10(18-6-1)11-16-9(8-17-11)7-15-12-13-4-2-5-14-12;/h1,3,6,8H,2,4-5,7H2,(H2,13,14,15);1H. The van der Waals surface area contributed by atoms with E-state index in [-0.39, 0.29) is 24.0 Å². The van der Waals surface area contributed by atoms with Gasteiger partial charge in [-0.15, -0.1) is 35.3 Å². The molecule has 7 heteroatoms. The topological polar surface area (TPSA) is 62.5 Å². The molecule has 0 bridgehead atoms. The summed E-state index contributed by atoms with van der Waals surface area (Å²) in [7, 11) is 0. The second-order valence-electron chi connectivity index (χ2n) is 3.99. The fourth-order valence-electron chi connectivity index (χ4n) is 1.73. The summed E-state index contributed by atoms with van der Waals surface area (Å²) in [5, 5.41) is 8.43. The van der Waals surface area contributed by atoms with E-state index in [0.717, 1.165) is 36.0 Å². The van der Waals surface area contributed by atoms with Crippen LogP contribution in [0.5, 0.6) is 0 Å². The number of guanidine groups is 1. The summed E-state index contributed by atoms with van der Waals surface area (Å²) in [5.41, 5.74) is 0.883. The lowest BCUT2D eigenvalue weighted by atomic mass is 10.4. The molecule has 0 aromatic carbocycles. The molecule has 0 unspecified atom stereocenters. The van der Waals surface area contributed by atoms with Gasteiger partial charge in [-0.05, 0) is 17.9 Å². The van der Waals surface area contributed by atoms with Crippen LogP contribution in [0.2, 0.25) is 0 Å². The highest BCUT2D eigenvalue weighted by atomic mass is 127. The predicted octanol–water partition coefficient (Wildman–Crippen LogP) is 2.46. The van der Waals surface area contributed by atoms with E-state index in [4.69, 9.17) is 4.42 Å². The Balaban J connectivity index is 0.00000133. The molecule has 2 N–H and O–H groups in total. The van der Waals surface area contributed by atoms with Crippen molar-refractivity contribution in [2.45, 2.75) is 13.0 Å². The summed E-state index contributed by atoms with van der Waals surface area (Å²) in [6.07, 6.45) is 2.78. The Bertz CT molecular complexity index is 538. The summed E-state index contributed by atoms with van der Waals surface area (Å²) < 4.78 is 5.45. The molecular formula is C12H15IN4OS. The number of aliphatic imine (C=N–C) groups is 1. The van der Waals surface area contributed by atoms with Crippen LogP contribution in [-0.4, -0.2) is 24.0 Å². The van der Waals surface area contributed by atoms with Crippen molar-refractivity contribution in [1.29, 1.82) is 0 Å². The number of nitrogens with one attached hydrogen (secondary N) is 2. The molecule has 0 radical (unpaired) electrons. The third-order valence-electron chi connectivity index (χ3n) is 2.62. The monoisotopic (exact) mass is 390 g/mol. The van der Waals surface area contributed by atoms with Crippen LogP contribution in [0.3, 0.4) is 0 Å². The van der Waals surface area contributed by atoms with Gasteiger partial charge in [-0.1, -0.05) is 6.07 Å². The number of halogens is 1. The van der Waals surface area contributed by atoms with Crippen molar-refractivity contribution in [3.8, 4) is 10.8 Å². The molecule has 0 saturated heterocycles. The smallest absolute Gasteiger partial charge is 0.236 e. The first-order chi connectivity index (χ1) is 8.92. The number of hydrogen-bond donors (Lipinski definition) is 2. The minimum atomic E-state index is 0. The van der Waals surface area contributed by atoms with Gasteiger partial charge in [-0.3, -0.25) is 4.99 Å². The molecule has 3 heterocycles. The summed E-state index contributed by atoms with van der Waals surface area (Å²) >= 11 is 1.62. The summed E-state index contributed by atoms with van der Waals surface area (Å²) in [5.74, 6) is 1.53. The van der Waals surface area contributed by atoms with Gasteiger partial charge in [0, 0.05) is 13.1 Å². The zero-order chi connectivity index (χ0) is 12.2. The predicted molar refractivity (Wildman–Crippen MR) is 87.0 cm³/mol. The minimum Gasteiger partial charge on any atom is -0.443 e. The first kappa shape index (κ1) is 14.3. The Morgan fingerprint density at radius 3 is 3.16 bits per heavy atom. The third-order valence-corrected chi connectivity index (χ3v) is 3.48. The molecule has 102 valence electrons. The van der Waals surface area contributed by atoms with E-state index >= 15 is 0 Å². The van der Waals surface area contributed by atoms with Crippen molar-refractivity contribution in [1.82, 2.24) is 15.6 Å². The van der Waals surface area contributed by atoms with Crippen molar-refractivity contribution >= 4 is 41.3 Å². The average Bonchev–Trinajstić information content (AvgIpc) is 3.08. The van der Waals surface area contributed by atoms with Gasteiger partial charge in [0.2, 0.25) is 5.89 Å². The minimum absolute atomic E-state index is 0. The fraction of sp³-hybridized carbons (Fsp3) is 0.333. The van der Waals surface area contributed by atoms with Crippen LogP contribution in [0, 0.1) is 0 Å². The highest BCUT2D eigenvalue weighted by Crippen LogP contribution is 2.23. The van der Waals surface area contributed by atoms with Crippen molar-refractivity contribution in [2.75, 3.05) is 13.1 Å². The van der Waals surface area contributed by atoms with Gasteiger partial charge in [-0.2, -0.15) is 0 Å². The Labute approximate surface area is 132 Å². The Morgan fingerprint density at radius 2 is 2.42 bits per heavy atom. The highest BCUT2D eigenvalue weighted by Gasteiger charge is 2.08. The number of aromatic nitrogens is 1. The first-order valence-electron chi connectivity index (χ1n) is 5.92. The second-order valence-corrected chi connectivity index (χ2v) is 4.93. The number of thiophene rings is 1. The van der Waals surface area contributed by atoms with Gasteiger partial charge in [0.15, 0.2) is 5.96 Å². The Hall–Kier alpha value is -1.09. The van der Waals surface area contributed by atoms with E-state index in [9.17, 15) is 0 Å². The van der Waals surface area contributed by atoms with E-state index in [1.807, 2.05) is 17.5 Å². The van der Waals surface area contributed by atoms with Crippen LogP contribution >= 0.6 is 35.3 Å². The molecule has 0 aliphatic carbocycles. The number of hydrogen-bond acceptors (Lipinski definition) is 6. The molecule has 2 aromatic heterocycles. The number of nitrogens with zero attached hydrogens (tertiary/aromatic N) is 2. The Morgan fingerprint density at radius 1 is 1.47 bits per heavy atom. The van der Waals surface area contributed by atoms with Gasteiger partial charge in [-0.25, -0.2) is 4.98 Å². The Kier molecular flexibility index (Phi) is 5.20. The van der Waals surface area contributed by atoms with Crippen LogP contribution in [-0.2, 0) is 6.54 Å². The molecule has 0 fully saturated rings. The zero-order valence-electron chi connectivity index (χ0n) is 10.3. The number of oxazole rings is 1. The maximum absolute atomic E-state index is 5.45. The maximum atomic E-state index is 5.45. The molecule has 1 aliphatic rings. The molecule has 5 nitrogen and oxygen atoms in total. The molecule has 0 spiro atoms. The van der Waals surface area contributed by atoms with E-state index in [2.05, 4.69) is 20.6 Å². The van der Waals surface area contributed by atoms with Crippen LogP contribution in [0.25, 0.3) is 10.8 Å². The lowest BCUT2D eigenvalue weighted by Gasteiger charge is -2.14. The summed E-state index contributed by atoms with van der Waals surface area (Å²) in [6.45, 7) is 2.49. The fourth-order valence-corrected chi connectivity index (χ4v) is 2.38. The van der Waals surface area contributed by atoms with Crippen LogP contribution in [0.4, 0.5) is 0 Å². The van der Waals surface area contributed by atoms with Crippen LogP contribution < -0.4 is 10.6 Å². The molecule has 3 rings (SSSR count). The summed E-state index contributed by atoms with van der Waals surface area (Å²) in [4.78, 5) is 9.83. The number of rotatable bonds is 3.